The molecule has 54 valence electrons. The summed E-state index contributed by atoms with van der Waals surface area (Å²) in [5.74, 6) is 0.991. The van der Waals surface area contributed by atoms with Crippen molar-refractivity contribution < 1.29 is 4.74 Å². The Hall–Kier alpha value is -0.980. The number of aryl methyl sites for hydroxylation is 1. The van der Waals surface area contributed by atoms with Crippen LogP contribution >= 0.6 is 0 Å². The molecule has 1 rings (SSSR count). The van der Waals surface area contributed by atoms with Crippen LogP contribution in [0.4, 0.5) is 0 Å². The predicted molar refractivity (Wildman–Crippen MR) is 42.3 cm³/mol. The standard InChI is InChI=1S/C9H12O/c1-3-10-9-7-5-4-6-8(9)2/h4-7H,3H2,1-2H3. The molecule has 1 heteroatoms. The summed E-state index contributed by atoms with van der Waals surface area (Å²) in [6.45, 7) is 4.78. The maximum Gasteiger partial charge on any atom is 0.122 e. The smallest absolute Gasteiger partial charge is 0.122 e. The van der Waals surface area contributed by atoms with E-state index in [1.807, 2.05) is 38.1 Å². The Bertz CT molecular complexity index is 206. The first-order chi connectivity index (χ1) is 4.84. The van der Waals surface area contributed by atoms with E-state index in [4.69, 9.17) is 4.74 Å². The van der Waals surface area contributed by atoms with Crippen molar-refractivity contribution in [3.05, 3.63) is 29.8 Å². The third-order valence-corrected chi connectivity index (χ3v) is 1.39. The molecule has 0 aliphatic heterocycles. The van der Waals surface area contributed by atoms with Gasteiger partial charge in [0.15, 0.2) is 0 Å². The highest BCUT2D eigenvalue weighted by atomic mass is 16.5. The first-order valence-electron chi connectivity index (χ1n) is 3.53. The lowest BCUT2D eigenvalue weighted by Gasteiger charge is -2.04. The highest BCUT2D eigenvalue weighted by molar-refractivity contribution is 5.31. The van der Waals surface area contributed by atoms with Crippen LogP contribution in [0.3, 0.4) is 0 Å². The van der Waals surface area contributed by atoms with Gasteiger partial charge in [-0.2, -0.15) is 0 Å². The van der Waals surface area contributed by atoms with E-state index in [1.165, 1.54) is 5.56 Å². The maximum absolute atomic E-state index is 5.34. The Morgan fingerprint density at radius 2 is 2.00 bits per heavy atom. The van der Waals surface area contributed by atoms with Crippen LogP contribution < -0.4 is 4.74 Å². The quantitative estimate of drug-likeness (QED) is 0.606. The van der Waals surface area contributed by atoms with Crippen LogP contribution in [0.15, 0.2) is 24.3 Å². The first kappa shape index (κ1) is 7.13. The molecule has 0 unspecified atom stereocenters. The lowest BCUT2D eigenvalue weighted by molar-refractivity contribution is 0.338. The van der Waals surface area contributed by atoms with Crippen molar-refractivity contribution in [3.63, 3.8) is 0 Å². The second-order valence-corrected chi connectivity index (χ2v) is 2.20. The molecule has 0 fully saturated rings. The fourth-order valence-electron chi connectivity index (χ4n) is 0.874. The summed E-state index contributed by atoms with van der Waals surface area (Å²) in [4.78, 5) is 0. The van der Waals surface area contributed by atoms with Crippen LogP contribution in [0.2, 0.25) is 0 Å². The van der Waals surface area contributed by atoms with E-state index in [2.05, 4.69) is 0 Å². The topological polar surface area (TPSA) is 9.23 Å². The molecule has 0 aromatic heterocycles. The fraction of sp³-hybridized carbons (Fsp3) is 0.333. The zero-order chi connectivity index (χ0) is 7.40. The number of rotatable bonds is 2. The molecule has 1 aromatic carbocycles. The van der Waals surface area contributed by atoms with Gasteiger partial charge >= 0.3 is 0 Å². The Morgan fingerprint density at radius 1 is 1.30 bits per heavy atom. The molecular weight excluding hydrogens is 124 g/mol. The van der Waals surface area contributed by atoms with E-state index in [-0.39, 0.29) is 0 Å². The Labute approximate surface area is 61.6 Å². The highest BCUT2D eigenvalue weighted by Crippen LogP contribution is 2.15. The lowest BCUT2D eigenvalue weighted by atomic mass is 10.2. The molecule has 0 bridgehead atoms. The summed E-state index contributed by atoms with van der Waals surface area (Å²) in [6, 6.07) is 8.03. The molecule has 0 amide bonds. The van der Waals surface area contributed by atoms with Crippen LogP contribution in [-0.2, 0) is 0 Å². The summed E-state index contributed by atoms with van der Waals surface area (Å²) >= 11 is 0. The first-order valence-corrected chi connectivity index (χ1v) is 3.53. The number of hydrogen-bond acceptors (Lipinski definition) is 1. The highest BCUT2D eigenvalue weighted by Gasteiger charge is 1.93. The zero-order valence-electron chi connectivity index (χ0n) is 6.42. The molecule has 10 heavy (non-hydrogen) atoms. The van der Waals surface area contributed by atoms with Crippen LogP contribution in [0.25, 0.3) is 0 Å². The summed E-state index contributed by atoms with van der Waals surface area (Å²) in [5.41, 5.74) is 1.20. The van der Waals surface area contributed by atoms with Gasteiger partial charge in [0.25, 0.3) is 0 Å². The Balaban J connectivity index is 2.81. The summed E-state index contributed by atoms with van der Waals surface area (Å²) in [5, 5.41) is 0. The monoisotopic (exact) mass is 136 g/mol. The third kappa shape index (κ3) is 1.50. The van der Waals surface area contributed by atoms with Gasteiger partial charge in [-0.1, -0.05) is 18.2 Å². The van der Waals surface area contributed by atoms with E-state index in [0.717, 1.165) is 12.4 Å². The molecule has 0 aliphatic rings. The predicted octanol–water partition coefficient (Wildman–Crippen LogP) is 2.39. The minimum atomic E-state index is 0.741. The van der Waals surface area contributed by atoms with Gasteiger partial charge in [-0.3, -0.25) is 0 Å². The van der Waals surface area contributed by atoms with E-state index in [0.29, 0.717) is 0 Å². The van der Waals surface area contributed by atoms with Crippen LogP contribution in [0.1, 0.15) is 12.5 Å². The fourth-order valence-corrected chi connectivity index (χ4v) is 0.874. The molecule has 0 saturated heterocycles. The molecule has 0 atom stereocenters. The van der Waals surface area contributed by atoms with Crippen LogP contribution in [0, 0.1) is 6.92 Å². The van der Waals surface area contributed by atoms with Gasteiger partial charge in [-0.25, -0.2) is 0 Å². The van der Waals surface area contributed by atoms with Crippen molar-refractivity contribution in [1.82, 2.24) is 0 Å². The normalized spacial score (nSPS) is 9.40. The Morgan fingerprint density at radius 3 is 2.60 bits per heavy atom. The largest absolute Gasteiger partial charge is 0.494 e. The minimum absolute atomic E-state index is 0.741. The molecule has 0 radical (unpaired) electrons. The molecule has 0 spiro atoms. The van der Waals surface area contributed by atoms with E-state index >= 15 is 0 Å². The SMILES string of the molecule is CCOc1ccccc1C. The van der Waals surface area contributed by atoms with Gasteiger partial charge in [0.05, 0.1) is 6.61 Å². The Kier molecular flexibility index (Phi) is 2.32. The third-order valence-electron chi connectivity index (χ3n) is 1.39. The second kappa shape index (κ2) is 3.25. The number of hydrogen-bond donors (Lipinski definition) is 0. The van der Waals surface area contributed by atoms with E-state index in [1.54, 1.807) is 0 Å². The van der Waals surface area contributed by atoms with Gasteiger partial charge in [0.2, 0.25) is 0 Å². The molecule has 1 aromatic rings. The van der Waals surface area contributed by atoms with Gasteiger partial charge in [-0.15, -0.1) is 0 Å². The van der Waals surface area contributed by atoms with Gasteiger partial charge in [0.1, 0.15) is 5.75 Å². The average Bonchev–Trinajstić information content (AvgIpc) is 1.94. The number of ether oxygens (including phenoxy) is 1. The molecule has 0 N–H and O–H groups in total. The summed E-state index contributed by atoms with van der Waals surface area (Å²) in [6.07, 6.45) is 0. The summed E-state index contributed by atoms with van der Waals surface area (Å²) < 4.78 is 5.34. The zero-order valence-corrected chi connectivity index (χ0v) is 6.42. The van der Waals surface area contributed by atoms with Crippen molar-refractivity contribution in [2.75, 3.05) is 6.61 Å². The second-order valence-electron chi connectivity index (χ2n) is 2.20. The maximum atomic E-state index is 5.34. The number of benzene rings is 1. The van der Waals surface area contributed by atoms with Gasteiger partial charge in [0, 0.05) is 0 Å². The molecule has 0 aliphatic carbocycles. The lowest BCUT2D eigenvalue weighted by Crippen LogP contribution is -1.92. The van der Waals surface area contributed by atoms with Crippen molar-refractivity contribution >= 4 is 0 Å². The molecular formula is C9H12O. The van der Waals surface area contributed by atoms with Gasteiger partial charge in [-0.05, 0) is 25.5 Å². The van der Waals surface area contributed by atoms with Crippen molar-refractivity contribution in [2.45, 2.75) is 13.8 Å². The molecule has 0 saturated carbocycles. The van der Waals surface area contributed by atoms with E-state index in [9.17, 15) is 0 Å². The van der Waals surface area contributed by atoms with Crippen molar-refractivity contribution in [2.24, 2.45) is 0 Å². The average molecular weight is 136 g/mol. The van der Waals surface area contributed by atoms with Crippen molar-refractivity contribution in [1.29, 1.82) is 0 Å². The minimum Gasteiger partial charge on any atom is -0.494 e. The van der Waals surface area contributed by atoms with Crippen molar-refractivity contribution in [3.8, 4) is 5.75 Å². The molecule has 0 heterocycles. The van der Waals surface area contributed by atoms with E-state index < -0.39 is 0 Å². The van der Waals surface area contributed by atoms with Crippen LogP contribution in [-0.4, -0.2) is 6.61 Å². The molecule has 1 nitrogen and oxygen atoms in total. The van der Waals surface area contributed by atoms with Crippen LogP contribution in [0.5, 0.6) is 5.75 Å². The number of para-hydroxylation sites is 1. The van der Waals surface area contributed by atoms with Gasteiger partial charge < -0.3 is 4.74 Å². The summed E-state index contributed by atoms with van der Waals surface area (Å²) in [7, 11) is 0.